The van der Waals surface area contributed by atoms with Crippen molar-refractivity contribution in [1.82, 2.24) is 0 Å². The van der Waals surface area contributed by atoms with E-state index >= 15 is 0 Å². The highest BCUT2D eigenvalue weighted by atomic mass is 19.1. The van der Waals surface area contributed by atoms with E-state index in [9.17, 15) is 9.18 Å². The molecular formula is C19H16BFO4. The van der Waals surface area contributed by atoms with Crippen LogP contribution < -0.4 is 10.2 Å². The molecule has 2 radical (unpaired) electrons. The molecule has 0 unspecified atom stereocenters. The Bertz CT molecular complexity index is 904. The van der Waals surface area contributed by atoms with E-state index in [0.29, 0.717) is 34.5 Å². The molecule has 0 N–H and O–H groups in total. The second-order valence-electron chi connectivity index (χ2n) is 5.48. The Morgan fingerprint density at radius 3 is 2.84 bits per heavy atom. The minimum Gasteiger partial charge on any atom is -0.488 e. The highest BCUT2D eigenvalue weighted by molar-refractivity contribution is 6.38. The van der Waals surface area contributed by atoms with E-state index in [2.05, 4.69) is 0 Å². The number of carbonyl (C=O) groups is 1. The van der Waals surface area contributed by atoms with E-state index < -0.39 is 5.82 Å². The Labute approximate surface area is 145 Å². The van der Waals surface area contributed by atoms with Crippen LogP contribution in [0.15, 0.2) is 47.1 Å². The Balaban J connectivity index is 1.80. The predicted octanol–water partition coefficient (Wildman–Crippen LogP) is 3.05. The van der Waals surface area contributed by atoms with Gasteiger partial charge < -0.3 is 13.9 Å². The van der Waals surface area contributed by atoms with Gasteiger partial charge in [-0.25, -0.2) is 4.39 Å². The molecule has 3 rings (SSSR count). The Hall–Kier alpha value is -2.76. The molecule has 1 aromatic heterocycles. The molecule has 0 aliphatic carbocycles. The number of ether oxygens (including phenoxy) is 2. The monoisotopic (exact) mass is 338 g/mol. The lowest BCUT2D eigenvalue weighted by atomic mass is 9.91. The molecule has 0 saturated heterocycles. The molecule has 25 heavy (non-hydrogen) atoms. The molecular weight excluding hydrogens is 322 g/mol. The molecule has 1 heterocycles. The maximum absolute atomic E-state index is 14.4. The van der Waals surface area contributed by atoms with Gasteiger partial charge in [-0.15, -0.1) is 0 Å². The first-order chi connectivity index (χ1) is 12.1. The van der Waals surface area contributed by atoms with Crippen molar-refractivity contribution in [3.05, 3.63) is 59.6 Å². The molecule has 0 atom stereocenters. The third-order valence-electron chi connectivity index (χ3n) is 3.78. The molecule has 0 bridgehead atoms. The molecule has 3 aromatic rings. The van der Waals surface area contributed by atoms with Gasteiger partial charge in [0.25, 0.3) is 0 Å². The first-order valence-corrected chi connectivity index (χ1v) is 7.90. The fraction of sp³-hybridized carbons (Fsp3) is 0.211. The molecule has 2 aromatic carbocycles. The quantitative estimate of drug-likeness (QED) is 0.512. The molecule has 0 aliphatic heterocycles. The lowest BCUT2D eigenvalue weighted by Gasteiger charge is -2.13. The first-order valence-electron chi connectivity index (χ1n) is 7.90. The van der Waals surface area contributed by atoms with Crippen LogP contribution in [-0.2, 0) is 22.6 Å². The van der Waals surface area contributed by atoms with Gasteiger partial charge in [0.2, 0.25) is 0 Å². The van der Waals surface area contributed by atoms with Gasteiger partial charge in [-0.05, 0) is 30.6 Å². The highest BCUT2D eigenvalue weighted by Gasteiger charge is 2.14. The van der Waals surface area contributed by atoms with Crippen molar-refractivity contribution in [2.24, 2.45) is 0 Å². The minimum absolute atomic E-state index is 0.0169. The SMILES string of the molecule is [B]c1c(F)c(COc2ccccc2CC(=O)OCC)cc2ccoc12. The molecule has 6 heteroatoms. The van der Waals surface area contributed by atoms with E-state index in [-0.39, 0.29) is 24.5 Å². The van der Waals surface area contributed by atoms with E-state index in [1.54, 1.807) is 43.3 Å². The van der Waals surface area contributed by atoms with Gasteiger partial charge in [0, 0.05) is 16.5 Å². The number of halogens is 1. The smallest absolute Gasteiger partial charge is 0.310 e. The predicted molar refractivity (Wildman–Crippen MR) is 92.7 cm³/mol. The van der Waals surface area contributed by atoms with Crippen LogP contribution in [0.2, 0.25) is 0 Å². The van der Waals surface area contributed by atoms with Gasteiger partial charge in [0.05, 0.1) is 19.3 Å². The molecule has 0 saturated carbocycles. The normalized spacial score (nSPS) is 10.8. The van der Waals surface area contributed by atoms with Gasteiger partial charge in [-0.1, -0.05) is 18.2 Å². The van der Waals surface area contributed by atoms with Gasteiger partial charge in [-0.2, -0.15) is 0 Å². The van der Waals surface area contributed by atoms with Crippen molar-refractivity contribution in [3.63, 3.8) is 0 Å². The number of rotatable bonds is 6. The van der Waals surface area contributed by atoms with E-state index in [1.807, 2.05) is 0 Å². The van der Waals surface area contributed by atoms with Crippen molar-refractivity contribution in [1.29, 1.82) is 0 Å². The van der Waals surface area contributed by atoms with Crippen LogP contribution in [0.5, 0.6) is 5.75 Å². The van der Waals surface area contributed by atoms with Crippen molar-refractivity contribution in [2.45, 2.75) is 20.0 Å². The number of esters is 1. The zero-order chi connectivity index (χ0) is 17.8. The Morgan fingerprint density at radius 2 is 2.04 bits per heavy atom. The summed E-state index contributed by atoms with van der Waals surface area (Å²) < 4.78 is 30.2. The van der Waals surface area contributed by atoms with Crippen molar-refractivity contribution in [3.8, 4) is 5.75 Å². The first kappa shape index (κ1) is 17.1. The minimum atomic E-state index is -0.565. The zero-order valence-electron chi connectivity index (χ0n) is 13.8. The fourth-order valence-corrected chi connectivity index (χ4v) is 2.59. The molecule has 0 aliphatic rings. The van der Waals surface area contributed by atoms with Crippen molar-refractivity contribution < 1.29 is 23.1 Å². The summed E-state index contributed by atoms with van der Waals surface area (Å²) in [6.45, 7) is 2.05. The van der Waals surface area contributed by atoms with Crippen LogP contribution in [-0.4, -0.2) is 20.4 Å². The van der Waals surface area contributed by atoms with E-state index in [0.717, 1.165) is 0 Å². The number of carbonyl (C=O) groups excluding carboxylic acids is 1. The summed E-state index contributed by atoms with van der Waals surface area (Å²) in [5, 5.41) is 0.706. The van der Waals surface area contributed by atoms with Crippen LogP contribution in [0.25, 0.3) is 11.0 Å². The van der Waals surface area contributed by atoms with Crippen LogP contribution in [0.4, 0.5) is 4.39 Å². The lowest BCUT2D eigenvalue weighted by molar-refractivity contribution is -0.142. The summed E-state index contributed by atoms with van der Waals surface area (Å²) in [5.41, 5.74) is 1.28. The number of para-hydroxylation sites is 1. The van der Waals surface area contributed by atoms with Crippen LogP contribution in [0.3, 0.4) is 0 Å². The van der Waals surface area contributed by atoms with Gasteiger partial charge in [0.15, 0.2) is 0 Å². The number of fused-ring (bicyclic) bond motifs is 1. The molecule has 0 fully saturated rings. The molecule has 0 spiro atoms. The van der Waals surface area contributed by atoms with Gasteiger partial charge in [0.1, 0.15) is 31.6 Å². The fourth-order valence-electron chi connectivity index (χ4n) is 2.59. The summed E-state index contributed by atoms with van der Waals surface area (Å²) in [6, 6.07) is 10.4. The lowest BCUT2D eigenvalue weighted by Crippen LogP contribution is -2.14. The molecule has 126 valence electrons. The average Bonchev–Trinajstić information content (AvgIpc) is 3.07. The topological polar surface area (TPSA) is 48.7 Å². The second kappa shape index (κ2) is 7.42. The summed E-state index contributed by atoms with van der Waals surface area (Å²) in [5.74, 6) is -0.403. The van der Waals surface area contributed by atoms with Gasteiger partial charge in [-0.3, -0.25) is 4.79 Å². The summed E-state index contributed by atoms with van der Waals surface area (Å²) >= 11 is 0. The zero-order valence-corrected chi connectivity index (χ0v) is 13.8. The Kier molecular flexibility index (Phi) is 5.07. The summed E-state index contributed by atoms with van der Waals surface area (Å²) in [7, 11) is 5.78. The summed E-state index contributed by atoms with van der Waals surface area (Å²) in [4.78, 5) is 11.7. The van der Waals surface area contributed by atoms with E-state index in [1.165, 1.54) is 6.26 Å². The average molecular weight is 338 g/mol. The largest absolute Gasteiger partial charge is 0.488 e. The van der Waals surface area contributed by atoms with Gasteiger partial charge >= 0.3 is 5.97 Å². The third-order valence-corrected chi connectivity index (χ3v) is 3.78. The van der Waals surface area contributed by atoms with Crippen molar-refractivity contribution in [2.75, 3.05) is 6.61 Å². The summed E-state index contributed by atoms with van der Waals surface area (Å²) in [6.07, 6.45) is 1.55. The third kappa shape index (κ3) is 3.68. The maximum atomic E-state index is 14.4. The Morgan fingerprint density at radius 1 is 1.24 bits per heavy atom. The highest BCUT2D eigenvalue weighted by Crippen LogP contribution is 2.23. The maximum Gasteiger partial charge on any atom is 0.310 e. The standard InChI is InChI=1S/C19H16BFO4/c1-2-23-16(22)10-12-5-3-4-6-15(12)25-11-14-9-13-7-8-24-19(13)17(20)18(14)21/h3-9H,2,10-11H2,1H3. The number of benzene rings is 2. The molecule has 4 nitrogen and oxygen atoms in total. The second-order valence-corrected chi connectivity index (χ2v) is 5.48. The van der Waals surface area contributed by atoms with Crippen LogP contribution >= 0.6 is 0 Å². The number of hydrogen-bond donors (Lipinski definition) is 0. The van der Waals surface area contributed by atoms with Crippen molar-refractivity contribution >= 4 is 30.2 Å². The number of furan rings is 1. The van der Waals surface area contributed by atoms with E-state index in [4.69, 9.17) is 21.7 Å². The molecule has 0 amide bonds. The van der Waals surface area contributed by atoms with Crippen LogP contribution in [0.1, 0.15) is 18.1 Å². The van der Waals surface area contributed by atoms with Crippen LogP contribution in [0, 0.1) is 5.82 Å². The number of hydrogen-bond acceptors (Lipinski definition) is 4.